The smallest absolute Gasteiger partial charge is 0.248 e. The van der Waals surface area contributed by atoms with Crippen molar-refractivity contribution in [3.05, 3.63) is 24.3 Å². The first-order chi connectivity index (χ1) is 8.38. The molecule has 2 rings (SSSR count). The van der Waals surface area contributed by atoms with E-state index < -0.39 is 10.0 Å². The molecule has 1 heterocycles. The molecule has 96 valence electrons. The van der Waals surface area contributed by atoms with Crippen molar-refractivity contribution < 1.29 is 18.0 Å². The number of nitrogens with zero attached hydrogens (tertiary/aromatic N) is 1. The third kappa shape index (κ3) is 2.49. The molecule has 1 aliphatic heterocycles. The van der Waals surface area contributed by atoms with Crippen LogP contribution in [-0.2, 0) is 19.6 Å². The summed E-state index contributed by atoms with van der Waals surface area (Å²) >= 11 is 0. The van der Waals surface area contributed by atoms with Gasteiger partial charge in [-0.25, -0.2) is 13.6 Å². The molecule has 0 radical (unpaired) electrons. The number of benzene rings is 1. The van der Waals surface area contributed by atoms with Crippen LogP contribution in [0.3, 0.4) is 0 Å². The molecule has 0 saturated carbocycles. The maximum absolute atomic E-state index is 11.3. The summed E-state index contributed by atoms with van der Waals surface area (Å²) in [5.74, 6) is -0.619. The number of imide groups is 1. The van der Waals surface area contributed by atoms with E-state index >= 15 is 0 Å². The summed E-state index contributed by atoms with van der Waals surface area (Å²) in [6, 6.07) is 5.45. The van der Waals surface area contributed by atoms with Gasteiger partial charge in [-0.3, -0.25) is 15.0 Å². The van der Waals surface area contributed by atoms with Gasteiger partial charge in [-0.05, 0) is 24.3 Å². The van der Waals surface area contributed by atoms with Crippen molar-refractivity contribution in [2.75, 3.05) is 5.43 Å². The number of hydrogen-bond donors (Lipinski definition) is 2. The number of anilines is 1. The summed E-state index contributed by atoms with van der Waals surface area (Å²) in [7, 11) is -3.74. The maximum atomic E-state index is 11.3. The van der Waals surface area contributed by atoms with Crippen LogP contribution in [0.4, 0.5) is 5.69 Å². The second kappa shape index (κ2) is 4.39. The number of nitrogens with one attached hydrogen (secondary N) is 1. The molecule has 1 aromatic rings. The maximum Gasteiger partial charge on any atom is 0.248 e. The lowest BCUT2D eigenvalue weighted by Gasteiger charge is -2.16. The molecule has 1 fully saturated rings. The minimum Gasteiger partial charge on any atom is -0.289 e. The van der Waals surface area contributed by atoms with Crippen molar-refractivity contribution in [1.82, 2.24) is 5.01 Å². The number of rotatable bonds is 3. The van der Waals surface area contributed by atoms with Gasteiger partial charge in [-0.2, -0.15) is 5.01 Å². The van der Waals surface area contributed by atoms with E-state index in [1.807, 2.05) is 0 Å². The minimum atomic E-state index is -3.74. The van der Waals surface area contributed by atoms with Crippen LogP contribution in [0.15, 0.2) is 29.2 Å². The van der Waals surface area contributed by atoms with E-state index in [0.717, 1.165) is 5.01 Å². The summed E-state index contributed by atoms with van der Waals surface area (Å²) < 4.78 is 22.1. The molecule has 0 bridgehead atoms. The van der Waals surface area contributed by atoms with Crippen molar-refractivity contribution in [3.63, 3.8) is 0 Å². The van der Waals surface area contributed by atoms with Crippen molar-refractivity contribution in [1.29, 1.82) is 0 Å². The fourth-order valence-electron chi connectivity index (χ4n) is 1.55. The molecule has 1 aliphatic rings. The van der Waals surface area contributed by atoms with Crippen molar-refractivity contribution >= 4 is 27.5 Å². The Morgan fingerprint density at radius 2 is 1.56 bits per heavy atom. The predicted octanol–water partition coefficient (Wildman–Crippen LogP) is -0.190. The first-order valence-corrected chi connectivity index (χ1v) is 6.68. The lowest BCUT2D eigenvalue weighted by atomic mass is 10.3. The van der Waals surface area contributed by atoms with Gasteiger partial charge >= 0.3 is 0 Å². The lowest BCUT2D eigenvalue weighted by molar-refractivity contribution is -0.136. The SMILES string of the molecule is NS(=O)(=O)c1ccc(NN2C(=O)CCC2=O)cc1. The third-order valence-corrected chi connectivity index (χ3v) is 3.40. The van der Waals surface area contributed by atoms with Crippen LogP contribution in [0, 0.1) is 0 Å². The molecule has 1 aromatic carbocycles. The third-order valence-electron chi connectivity index (χ3n) is 2.48. The van der Waals surface area contributed by atoms with Gasteiger partial charge in [0.15, 0.2) is 0 Å². The summed E-state index contributed by atoms with van der Waals surface area (Å²) in [6.07, 6.45) is 0.363. The number of carbonyl (C=O) groups is 2. The number of hydrazine groups is 1. The highest BCUT2D eigenvalue weighted by Gasteiger charge is 2.29. The summed E-state index contributed by atoms with van der Waals surface area (Å²) in [6.45, 7) is 0. The molecule has 0 atom stereocenters. The van der Waals surface area contributed by atoms with Crippen LogP contribution in [0.1, 0.15) is 12.8 Å². The van der Waals surface area contributed by atoms with Crippen LogP contribution in [-0.4, -0.2) is 25.2 Å². The number of sulfonamides is 1. The van der Waals surface area contributed by atoms with Crippen LogP contribution in [0.5, 0.6) is 0 Å². The van der Waals surface area contributed by atoms with Crippen LogP contribution in [0.2, 0.25) is 0 Å². The van der Waals surface area contributed by atoms with Gasteiger partial charge in [-0.15, -0.1) is 0 Å². The molecule has 0 aromatic heterocycles. The highest BCUT2D eigenvalue weighted by Crippen LogP contribution is 2.17. The molecule has 7 nitrogen and oxygen atoms in total. The average molecular weight is 269 g/mol. The van der Waals surface area contributed by atoms with Gasteiger partial charge < -0.3 is 0 Å². The molecule has 1 saturated heterocycles. The normalized spacial score (nSPS) is 16.2. The molecular formula is C10H11N3O4S. The summed E-state index contributed by atoms with van der Waals surface area (Å²) in [4.78, 5) is 22.6. The fourth-order valence-corrected chi connectivity index (χ4v) is 2.06. The van der Waals surface area contributed by atoms with Crippen LogP contribution < -0.4 is 10.6 Å². The Bertz CT molecular complexity index is 578. The Labute approximate surface area is 104 Å². The van der Waals surface area contributed by atoms with Crippen molar-refractivity contribution in [2.45, 2.75) is 17.7 Å². The van der Waals surface area contributed by atoms with E-state index in [4.69, 9.17) is 5.14 Å². The predicted molar refractivity (Wildman–Crippen MR) is 62.5 cm³/mol. The Morgan fingerprint density at radius 1 is 1.06 bits per heavy atom. The Morgan fingerprint density at radius 3 is 2.00 bits per heavy atom. The quantitative estimate of drug-likeness (QED) is 0.739. The lowest BCUT2D eigenvalue weighted by Crippen LogP contribution is -2.34. The van der Waals surface area contributed by atoms with Gasteiger partial charge in [0.2, 0.25) is 21.8 Å². The van der Waals surface area contributed by atoms with Gasteiger partial charge in [0.1, 0.15) is 0 Å². The van der Waals surface area contributed by atoms with E-state index in [-0.39, 0.29) is 29.6 Å². The largest absolute Gasteiger partial charge is 0.289 e. The first-order valence-electron chi connectivity index (χ1n) is 5.13. The van der Waals surface area contributed by atoms with Crippen LogP contribution in [0.25, 0.3) is 0 Å². The molecular weight excluding hydrogens is 258 g/mol. The van der Waals surface area contributed by atoms with Crippen molar-refractivity contribution in [2.24, 2.45) is 5.14 Å². The molecule has 0 spiro atoms. The van der Waals surface area contributed by atoms with Crippen molar-refractivity contribution in [3.8, 4) is 0 Å². The zero-order valence-electron chi connectivity index (χ0n) is 9.29. The van der Waals surface area contributed by atoms with E-state index in [1.54, 1.807) is 0 Å². The highest BCUT2D eigenvalue weighted by molar-refractivity contribution is 7.89. The van der Waals surface area contributed by atoms with Gasteiger partial charge in [0.05, 0.1) is 10.6 Å². The zero-order valence-corrected chi connectivity index (χ0v) is 10.1. The number of primary sulfonamides is 1. The molecule has 2 amide bonds. The van der Waals surface area contributed by atoms with Gasteiger partial charge in [-0.1, -0.05) is 0 Å². The van der Waals surface area contributed by atoms with Crippen LogP contribution >= 0.6 is 0 Å². The zero-order chi connectivity index (χ0) is 13.3. The Balaban J connectivity index is 2.16. The average Bonchev–Trinajstić information content (AvgIpc) is 2.60. The van der Waals surface area contributed by atoms with E-state index in [9.17, 15) is 18.0 Å². The molecule has 0 aliphatic carbocycles. The standard InChI is InChI=1S/C10H11N3O4S/c11-18(16,17)8-3-1-7(2-4-8)12-13-9(14)5-6-10(13)15/h1-4,12H,5-6H2,(H2,11,16,17). The van der Waals surface area contributed by atoms with E-state index in [2.05, 4.69) is 5.43 Å². The molecule has 18 heavy (non-hydrogen) atoms. The Hall–Kier alpha value is -1.93. The molecule has 8 heteroatoms. The number of nitrogens with two attached hydrogens (primary N) is 1. The summed E-state index contributed by atoms with van der Waals surface area (Å²) in [5, 5.41) is 5.87. The minimum absolute atomic E-state index is 0.0351. The second-order valence-corrected chi connectivity index (χ2v) is 5.37. The number of hydrogen-bond acceptors (Lipinski definition) is 5. The second-order valence-electron chi connectivity index (χ2n) is 3.80. The summed E-state index contributed by atoms with van der Waals surface area (Å²) in [5.41, 5.74) is 3.05. The highest BCUT2D eigenvalue weighted by atomic mass is 32.2. The number of amides is 2. The molecule has 0 unspecified atom stereocenters. The Kier molecular flexibility index (Phi) is 3.05. The van der Waals surface area contributed by atoms with Gasteiger partial charge in [0, 0.05) is 12.8 Å². The molecule has 3 N–H and O–H groups in total. The van der Waals surface area contributed by atoms with Gasteiger partial charge in [0.25, 0.3) is 0 Å². The van der Waals surface area contributed by atoms with E-state index in [1.165, 1.54) is 24.3 Å². The topological polar surface area (TPSA) is 110 Å². The van der Waals surface area contributed by atoms with E-state index in [0.29, 0.717) is 5.69 Å². The first kappa shape index (κ1) is 12.5. The fraction of sp³-hybridized carbons (Fsp3) is 0.200. The number of carbonyl (C=O) groups excluding carboxylic acids is 2. The monoisotopic (exact) mass is 269 g/mol.